The van der Waals surface area contributed by atoms with Crippen LogP contribution in [0.15, 0.2) is 36.4 Å². The van der Waals surface area contributed by atoms with E-state index in [2.05, 4.69) is 10.6 Å². The topological polar surface area (TPSA) is 24.1 Å². The molecule has 0 radical (unpaired) electrons. The van der Waals surface area contributed by atoms with E-state index in [0.29, 0.717) is 0 Å². The summed E-state index contributed by atoms with van der Waals surface area (Å²) >= 11 is 0. The van der Waals surface area contributed by atoms with Gasteiger partial charge < -0.3 is 10.6 Å². The van der Waals surface area contributed by atoms with Crippen LogP contribution >= 0.6 is 0 Å². The monoisotopic (exact) mass is 388 g/mol. The first-order valence-electron chi connectivity index (χ1n) is 12.4. The van der Waals surface area contributed by atoms with E-state index in [9.17, 15) is 0 Å². The molecule has 0 aromatic heterocycles. The molecule has 2 nitrogen and oxygen atoms in total. The van der Waals surface area contributed by atoms with Crippen molar-refractivity contribution >= 4 is 0 Å². The molecule has 2 saturated carbocycles. The van der Waals surface area contributed by atoms with Gasteiger partial charge >= 0.3 is 0 Å². The van der Waals surface area contributed by atoms with Crippen LogP contribution in [0.25, 0.3) is 0 Å². The summed E-state index contributed by atoms with van der Waals surface area (Å²) in [7, 11) is 0. The maximum absolute atomic E-state index is 3.28. The molecule has 0 bridgehead atoms. The fourth-order valence-electron chi connectivity index (χ4n) is 3.76. The minimum absolute atomic E-state index is 1.25. The third kappa shape index (κ3) is 19.9. The molecular weight excluding hydrogens is 340 g/mol. The van der Waals surface area contributed by atoms with Crippen molar-refractivity contribution in [2.75, 3.05) is 26.2 Å². The molecular formula is C26H48N2. The van der Waals surface area contributed by atoms with Crippen molar-refractivity contribution in [1.82, 2.24) is 10.6 Å². The highest BCUT2D eigenvalue weighted by Crippen LogP contribution is 2.15. The molecule has 0 amide bonds. The summed E-state index contributed by atoms with van der Waals surface area (Å²) in [5.74, 6) is 0. The number of nitrogens with one attached hydrogen (secondary N) is 2. The molecule has 0 unspecified atom stereocenters. The summed E-state index contributed by atoms with van der Waals surface area (Å²) < 4.78 is 0. The van der Waals surface area contributed by atoms with Crippen molar-refractivity contribution in [3.8, 4) is 0 Å². The summed E-state index contributed by atoms with van der Waals surface area (Å²) in [4.78, 5) is 0. The Morgan fingerprint density at radius 2 is 0.429 bits per heavy atom. The van der Waals surface area contributed by atoms with Crippen molar-refractivity contribution in [1.29, 1.82) is 0 Å². The smallest absolute Gasteiger partial charge is 0.00484 e. The largest absolute Gasteiger partial charge is 0.317 e. The van der Waals surface area contributed by atoms with Gasteiger partial charge in [-0.05, 0) is 51.9 Å². The van der Waals surface area contributed by atoms with Gasteiger partial charge in [-0.1, -0.05) is 113 Å². The van der Waals surface area contributed by atoms with Crippen LogP contribution < -0.4 is 10.6 Å². The van der Waals surface area contributed by atoms with E-state index in [-0.39, 0.29) is 0 Å². The molecule has 4 fully saturated rings. The minimum Gasteiger partial charge on any atom is -0.317 e. The summed E-state index contributed by atoms with van der Waals surface area (Å²) in [6, 6.07) is 12.0. The highest BCUT2D eigenvalue weighted by atomic mass is 14.9. The predicted octanol–water partition coefficient (Wildman–Crippen LogP) is 7.11. The Balaban J connectivity index is 0.000000175. The van der Waals surface area contributed by atoms with E-state index in [1.165, 1.54) is 129 Å². The predicted molar refractivity (Wildman–Crippen MR) is 126 cm³/mol. The maximum atomic E-state index is 3.28. The quantitative estimate of drug-likeness (QED) is 0.495. The zero-order chi connectivity index (χ0) is 19.8. The first-order chi connectivity index (χ1) is 14.0. The van der Waals surface area contributed by atoms with Crippen LogP contribution in [0, 0.1) is 0 Å². The lowest BCUT2D eigenvalue weighted by Gasteiger charge is -2.08. The lowest BCUT2D eigenvalue weighted by molar-refractivity contribution is 0.504. The van der Waals surface area contributed by atoms with E-state index < -0.39 is 0 Å². The van der Waals surface area contributed by atoms with Crippen molar-refractivity contribution in [3.05, 3.63) is 36.4 Å². The van der Waals surface area contributed by atoms with Crippen molar-refractivity contribution < 1.29 is 0 Å². The Kier molecular flexibility index (Phi) is 20.2. The molecule has 2 heterocycles. The van der Waals surface area contributed by atoms with Crippen LogP contribution in [0.5, 0.6) is 0 Å². The highest BCUT2D eigenvalue weighted by molar-refractivity contribution is 4.99. The summed E-state index contributed by atoms with van der Waals surface area (Å²) in [6.07, 6.45) is 23.5. The van der Waals surface area contributed by atoms with Crippen LogP contribution in [-0.4, -0.2) is 26.2 Å². The Morgan fingerprint density at radius 1 is 0.250 bits per heavy atom. The molecule has 2 N–H and O–H groups in total. The standard InChI is InChI=1S/C6H12.C6H6.C5H11N.C5H10.C4H9N/c3*1-2-4-6-5-3-1;2*1-2-4-5-3-1/h1-6H2;1-6H;6H,1-5H2;1-5H2;5H,1-4H2. The number of rotatable bonds is 0. The van der Waals surface area contributed by atoms with E-state index >= 15 is 0 Å². The van der Waals surface area contributed by atoms with Gasteiger partial charge in [0.25, 0.3) is 0 Å². The highest BCUT2D eigenvalue weighted by Gasteiger charge is 1.96. The average molecular weight is 389 g/mol. The minimum atomic E-state index is 1.25. The number of benzene rings is 1. The molecule has 2 aliphatic heterocycles. The average Bonchev–Trinajstić information content (AvgIpc) is 3.58. The number of hydrogen-bond donors (Lipinski definition) is 2. The van der Waals surface area contributed by atoms with Crippen molar-refractivity contribution in [3.63, 3.8) is 0 Å². The third-order valence-corrected chi connectivity index (χ3v) is 5.58. The lowest BCUT2D eigenvalue weighted by Crippen LogP contribution is -2.21. The molecule has 0 spiro atoms. The van der Waals surface area contributed by atoms with E-state index in [1.54, 1.807) is 0 Å². The van der Waals surface area contributed by atoms with Crippen LogP contribution in [0.3, 0.4) is 0 Å². The Hall–Kier alpha value is -0.860. The van der Waals surface area contributed by atoms with E-state index in [1.807, 2.05) is 36.4 Å². The summed E-state index contributed by atoms with van der Waals surface area (Å²) in [5, 5.41) is 6.51. The van der Waals surface area contributed by atoms with Crippen LogP contribution in [0.2, 0.25) is 0 Å². The second-order valence-electron chi connectivity index (χ2n) is 8.31. The zero-order valence-electron chi connectivity index (χ0n) is 18.6. The molecule has 2 saturated heterocycles. The summed E-state index contributed by atoms with van der Waals surface area (Å²) in [6.45, 7) is 5.00. The lowest BCUT2D eigenvalue weighted by atomic mass is 10.0. The Labute approximate surface area is 176 Å². The molecule has 1 aromatic rings. The van der Waals surface area contributed by atoms with Gasteiger partial charge in [0.15, 0.2) is 0 Å². The van der Waals surface area contributed by atoms with Gasteiger partial charge in [-0.15, -0.1) is 0 Å². The molecule has 5 rings (SSSR count). The van der Waals surface area contributed by atoms with E-state index in [0.717, 1.165) is 0 Å². The van der Waals surface area contributed by atoms with Gasteiger partial charge in [-0.3, -0.25) is 0 Å². The van der Waals surface area contributed by atoms with Crippen molar-refractivity contribution in [2.24, 2.45) is 0 Å². The molecule has 2 heteroatoms. The Bertz CT molecular complexity index is 276. The van der Waals surface area contributed by atoms with Crippen LogP contribution in [0.4, 0.5) is 0 Å². The molecule has 0 atom stereocenters. The van der Waals surface area contributed by atoms with Gasteiger partial charge in [-0.2, -0.15) is 0 Å². The van der Waals surface area contributed by atoms with Gasteiger partial charge in [0.05, 0.1) is 0 Å². The first-order valence-corrected chi connectivity index (χ1v) is 12.4. The van der Waals surface area contributed by atoms with Gasteiger partial charge in [0, 0.05) is 0 Å². The second-order valence-corrected chi connectivity index (χ2v) is 8.31. The molecule has 1 aromatic carbocycles. The molecule has 2 aliphatic carbocycles. The molecule has 28 heavy (non-hydrogen) atoms. The fourth-order valence-corrected chi connectivity index (χ4v) is 3.76. The fraction of sp³-hybridized carbons (Fsp3) is 0.769. The molecule has 4 aliphatic rings. The molecule has 162 valence electrons. The number of hydrogen-bond acceptors (Lipinski definition) is 2. The SMILES string of the molecule is C1CCCC1.C1CCCCC1.C1CCNC1.C1CCNCC1.c1ccccc1. The van der Waals surface area contributed by atoms with Gasteiger partial charge in [0.2, 0.25) is 0 Å². The van der Waals surface area contributed by atoms with E-state index in [4.69, 9.17) is 0 Å². The van der Waals surface area contributed by atoms with Crippen molar-refractivity contribution in [2.45, 2.75) is 103 Å². The normalized spacial score (nSPS) is 20.6. The van der Waals surface area contributed by atoms with Gasteiger partial charge in [-0.25, -0.2) is 0 Å². The van der Waals surface area contributed by atoms with Crippen LogP contribution in [-0.2, 0) is 0 Å². The van der Waals surface area contributed by atoms with Gasteiger partial charge in [0.1, 0.15) is 0 Å². The maximum Gasteiger partial charge on any atom is -0.00484 e. The number of piperidine rings is 1. The summed E-state index contributed by atoms with van der Waals surface area (Å²) in [5.41, 5.74) is 0. The first kappa shape index (κ1) is 25.2. The Morgan fingerprint density at radius 3 is 0.571 bits per heavy atom. The third-order valence-electron chi connectivity index (χ3n) is 5.58. The second kappa shape index (κ2) is 22.4. The van der Waals surface area contributed by atoms with Crippen LogP contribution in [0.1, 0.15) is 103 Å². The zero-order valence-corrected chi connectivity index (χ0v) is 18.6.